The van der Waals surface area contributed by atoms with Crippen molar-refractivity contribution in [2.75, 3.05) is 18.1 Å². The maximum atomic E-state index is 5.71. The molecule has 1 aromatic rings. The number of ether oxygens (including phenoxy) is 1. The number of anilines is 1. The van der Waals surface area contributed by atoms with Crippen molar-refractivity contribution in [2.24, 2.45) is 0 Å². The Morgan fingerprint density at radius 3 is 3.00 bits per heavy atom. The molecule has 76 valence electrons. The van der Waals surface area contributed by atoms with Gasteiger partial charge in [-0.05, 0) is 38.5 Å². The standard InChI is InChI=1S/C12H17NO/c1-4-13-10(3)8-14-12-7-9(2)5-6-11(12)13/h5-7,10H,4,8H2,1-3H3. The van der Waals surface area contributed by atoms with Crippen LogP contribution in [0.2, 0.25) is 0 Å². The maximum Gasteiger partial charge on any atom is 0.142 e. The second-order valence-corrected chi connectivity index (χ2v) is 3.92. The van der Waals surface area contributed by atoms with Gasteiger partial charge in [0.15, 0.2) is 0 Å². The Kier molecular flexibility index (Phi) is 2.36. The van der Waals surface area contributed by atoms with Gasteiger partial charge in [-0.3, -0.25) is 0 Å². The van der Waals surface area contributed by atoms with Gasteiger partial charge in [0.05, 0.1) is 11.7 Å². The van der Waals surface area contributed by atoms with E-state index in [4.69, 9.17) is 4.74 Å². The molecule has 0 saturated heterocycles. The molecule has 0 bridgehead atoms. The summed E-state index contributed by atoms with van der Waals surface area (Å²) in [4.78, 5) is 2.39. The Morgan fingerprint density at radius 1 is 1.50 bits per heavy atom. The summed E-state index contributed by atoms with van der Waals surface area (Å²) < 4.78 is 5.71. The average Bonchev–Trinajstić information content (AvgIpc) is 2.18. The van der Waals surface area contributed by atoms with E-state index in [9.17, 15) is 0 Å². The molecule has 0 aliphatic carbocycles. The number of fused-ring (bicyclic) bond motifs is 1. The molecule has 0 amide bonds. The summed E-state index contributed by atoms with van der Waals surface area (Å²) in [5.41, 5.74) is 2.49. The predicted molar refractivity (Wildman–Crippen MR) is 59.2 cm³/mol. The molecule has 0 spiro atoms. The zero-order valence-electron chi connectivity index (χ0n) is 9.08. The number of hydrogen-bond acceptors (Lipinski definition) is 2. The summed E-state index contributed by atoms with van der Waals surface area (Å²) in [5.74, 6) is 1.03. The van der Waals surface area contributed by atoms with E-state index in [2.05, 4.69) is 43.9 Å². The Bertz CT molecular complexity index is 335. The lowest BCUT2D eigenvalue weighted by atomic mass is 10.1. The third kappa shape index (κ3) is 1.45. The predicted octanol–water partition coefficient (Wildman–Crippen LogP) is 2.60. The van der Waals surface area contributed by atoms with Gasteiger partial charge >= 0.3 is 0 Å². The summed E-state index contributed by atoms with van der Waals surface area (Å²) >= 11 is 0. The Morgan fingerprint density at radius 2 is 2.29 bits per heavy atom. The number of aryl methyl sites for hydroxylation is 1. The third-order valence-electron chi connectivity index (χ3n) is 2.78. The minimum Gasteiger partial charge on any atom is -0.489 e. The van der Waals surface area contributed by atoms with Crippen LogP contribution in [-0.2, 0) is 0 Å². The van der Waals surface area contributed by atoms with Gasteiger partial charge in [-0.2, -0.15) is 0 Å². The zero-order chi connectivity index (χ0) is 10.1. The lowest BCUT2D eigenvalue weighted by Gasteiger charge is -2.36. The summed E-state index contributed by atoms with van der Waals surface area (Å²) in [6.45, 7) is 8.32. The molecule has 0 N–H and O–H groups in total. The van der Waals surface area contributed by atoms with Crippen LogP contribution in [0.1, 0.15) is 19.4 Å². The fraction of sp³-hybridized carbons (Fsp3) is 0.500. The Labute approximate surface area is 85.5 Å². The highest BCUT2D eigenvalue weighted by Crippen LogP contribution is 2.34. The summed E-state index contributed by atoms with van der Waals surface area (Å²) in [5, 5.41) is 0. The highest BCUT2D eigenvalue weighted by molar-refractivity contribution is 5.61. The van der Waals surface area contributed by atoms with Crippen molar-refractivity contribution in [3.8, 4) is 5.75 Å². The van der Waals surface area contributed by atoms with Crippen LogP contribution in [0, 0.1) is 6.92 Å². The highest BCUT2D eigenvalue weighted by atomic mass is 16.5. The molecule has 1 unspecified atom stereocenters. The molecule has 2 rings (SSSR count). The van der Waals surface area contributed by atoms with Crippen molar-refractivity contribution in [2.45, 2.75) is 26.8 Å². The van der Waals surface area contributed by atoms with Crippen molar-refractivity contribution in [1.29, 1.82) is 0 Å². The Hall–Kier alpha value is -1.18. The largest absolute Gasteiger partial charge is 0.489 e. The number of benzene rings is 1. The molecule has 2 heteroatoms. The molecular weight excluding hydrogens is 174 g/mol. The number of likely N-dealkylation sites (N-methyl/N-ethyl adjacent to an activating group) is 1. The first-order chi connectivity index (χ1) is 6.72. The molecule has 0 aromatic heterocycles. The molecule has 0 saturated carbocycles. The SMILES string of the molecule is CCN1c2ccc(C)cc2OCC1C. The first-order valence-corrected chi connectivity index (χ1v) is 5.22. The van der Waals surface area contributed by atoms with Crippen LogP contribution in [0.4, 0.5) is 5.69 Å². The molecule has 0 fully saturated rings. The summed E-state index contributed by atoms with van der Waals surface area (Å²) in [6, 6.07) is 6.89. The van der Waals surface area contributed by atoms with E-state index in [-0.39, 0.29) is 0 Å². The fourth-order valence-corrected chi connectivity index (χ4v) is 1.99. The summed E-state index contributed by atoms with van der Waals surface area (Å²) in [7, 11) is 0. The smallest absolute Gasteiger partial charge is 0.142 e. The van der Waals surface area contributed by atoms with E-state index in [0.29, 0.717) is 6.04 Å². The number of hydrogen-bond donors (Lipinski definition) is 0. The molecule has 1 aliphatic rings. The van der Waals surface area contributed by atoms with E-state index in [0.717, 1.165) is 18.9 Å². The minimum absolute atomic E-state index is 0.482. The van der Waals surface area contributed by atoms with E-state index in [1.54, 1.807) is 0 Å². The molecule has 1 atom stereocenters. The lowest BCUT2D eigenvalue weighted by Crippen LogP contribution is -2.40. The Balaban J connectivity index is 2.41. The third-order valence-corrected chi connectivity index (χ3v) is 2.78. The average molecular weight is 191 g/mol. The van der Waals surface area contributed by atoms with Gasteiger partial charge in [0.25, 0.3) is 0 Å². The summed E-state index contributed by atoms with van der Waals surface area (Å²) in [6.07, 6.45) is 0. The van der Waals surface area contributed by atoms with Crippen molar-refractivity contribution in [3.63, 3.8) is 0 Å². The molecule has 1 aliphatic heterocycles. The maximum absolute atomic E-state index is 5.71. The second kappa shape index (κ2) is 3.52. The van der Waals surface area contributed by atoms with Gasteiger partial charge in [0, 0.05) is 6.54 Å². The molecular formula is C12H17NO. The van der Waals surface area contributed by atoms with Gasteiger partial charge in [0.2, 0.25) is 0 Å². The van der Waals surface area contributed by atoms with Crippen LogP contribution in [0.15, 0.2) is 18.2 Å². The van der Waals surface area contributed by atoms with Gasteiger partial charge in [-0.1, -0.05) is 6.07 Å². The van der Waals surface area contributed by atoms with Crippen LogP contribution < -0.4 is 9.64 Å². The number of nitrogens with zero attached hydrogens (tertiary/aromatic N) is 1. The van der Waals surface area contributed by atoms with Crippen LogP contribution in [0.3, 0.4) is 0 Å². The first-order valence-electron chi connectivity index (χ1n) is 5.22. The van der Waals surface area contributed by atoms with Gasteiger partial charge < -0.3 is 9.64 Å². The lowest BCUT2D eigenvalue weighted by molar-refractivity contribution is 0.271. The monoisotopic (exact) mass is 191 g/mol. The van der Waals surface area contributed by atoms with Crippen molar-refractivity contribution in [1.82, 2.24) is 0 Å². The van der Waals surface area contributed by atoms with Crippen molar-refractivity contribution < 1.29 is 4.74 Å². The van der Waals surface area contributed by atoms with Crippen molar-refractivity contribution in [3.05, 3.63) is 23.8 Å². The van der Waals surface area contributed by atoms with E-state index in [1.807, 2.05) is 0 Å². The van der Waals surface area contributed by atoms with Crippen LogP contribution in [-0.4, -0.2) is 19.2 Å². The van der Waals surface area contributed by atoms with Gasteiger partial charge in [0.1, 0.15) is 12.4 Å². The first kappa shape index (κ1) is 9.38. The fourth-order valence-electron chi connectivity index (χ4n) is 1.99. The minimum atomic E-state index is 0.482. The molecule has 1 aromatic carbocycles. The van der Waals surface area contributed by atoms with Crippen LogP contribution >= 0.6 is 0 Å². The van der Waals surface area contributed by atoms with E-state index in [1.165, 1.54) is 11.3 Å². The van der Waals surface area contributed by atoms with Gasteiger partial charge in [-0.15, -0.1) is 0 Å². The molecule has 0 radical (unpaired) electrons. The van der Waals surface area contributed by atoms with Crippen LogP contribution in [0.25, 0.3) is 0 Å². The second-order valence-electron chi connectivity index (χ2n) is 3.92. The van der Waals surface area contributed by atoms with Gasteiger partial charge in [-0.25, -0.2) is 0 Å². The van der Waals surface area contributed by atoms with Crippen molar-refractivity contribution >= 4 is 5.69 Å². The van der Waals surface area contributed by atoms with E-state index >= 15 is 0 Å². The normalized spacial score (nSPS) is 20.2. The number of rotatable bonds is 1. The zero-order valence-corrected chi connectivity index (χ0v) is 9.08. The van der Waals surface area contributed by atoms with Crippen LogP contribution in [0.5, 0.6) is 5.75 Å². The highest BCUT2D eigenvalue weighted by Gasteiger charge is 2.22. The molecule has 2 nitrogen and oxygen atoms in total. The molecule has 14 heavy (non-hydrogen) atoms. The quantitative estimate of drug-likeness (QED) is 0.676. The topological polar surface area (TPSA) is 12.5 Å². The van der Waals surface area contributed by atoms with E-state index < -0.39 is 0 Å². The molecule has 1 heterocycles.